The molecule has 1 heterocycles. The van der Waals surface area contributed by atoms with Gasteiger partial charge in [-0.1, -0.05) is 0 Å². The molecule has 1 aliphatic rings. The van der Waals surface area contributed by atoms with Gasteiger partial charge in [0.15, 0.2) is 0 Å². The summed E-state index contributed by atoms with van der Waals surface area (Å²) in [5, 5.41) is 10.8. The van der Waals surface area contributed by atoms with Gasteiger partial charge >= 0.3 is 6.36 Å². The first kappa shape index (κ1) is 18.7. The second-order valence-corrected chi connectivity index (χ2v) is 7.79. The van der Waals surface area contributed by atoms with Crippen molar-refractivity contribution in [2.24, 2.45) is 5.92 Å². The zero-order chi connectivity index (χ0) is 19.0. The number of sulfonamides is 1. The molecule has 0 unspecified atom stereocenters. The van der Waals surface area contributed by atoms with Crippen molar-refractivity contribution in [1.82, 2.24) is 4.72 Å². The Morgan fingerprint density at radius 2 is 1.85 bits per heavy atom. The molecular formula is C16H16F3NO5S. The Bertz CT molecular complexity index is 845. The van der Waals surface area contributed by atoms with Gasteiger partial charge in [0.1, 0.15) is 17.1 Å². The number of rotatable bonds is 7. The highest BCUT2D eigenvalue weighted by Gasteiger charge is 2.47. The number of hydrogen-bond donors (Lipinski definition) is 2. The molecule has 0 saturated heterocycles. The number of hydrogen-bond acceptors (Lipinski definition) is 5. The number of furan rings is 1. The van der Waals surface area contributed by atoms with Crippen molar-refractivity contribution in [2.75, 3.05) is 6.54 Å². The average molecular weight is 391 g/mol. The highest BCUT2D eigenvalue weighted by Crippen LogP contribution is 2.45. The van der Waals surface area contributed by atoms with Gasteiger partial charge in [0.05, 0.1) is 11.2 Å². The molecular weight excluding hydrogens is 375 g/mol. The molecule has 0 amide bonds. The molecule has 0 aliphatic heterocycles. The Hall–Kier alpha value is -2.04. The van der Waals surface area contributed by atoms with Crippen molar-refractivity contribution in [3.63, 3.8) is 0 Å². The first-order valence-corrected chi connectivity index (χ1v) is 9.20. The molecule has 1 aromatic heterocycles. The molecule has 1 atom stereocenters. The van der Waals surface area contributed by atoms with Gasteiger partial charge < -0.3 is 14.3 Å². The molecule has 3 rings (SSSR count). The van der Waals surface area contributed by atoms with Gasteiger partial charge in [0.25, 0.3) is 0 Å². The van der Waals surface area contributed by atoms with Crippen LogP contribution < -0.4 is 9.46 Å². The summed E-state index contributed by atoms with van der Waals surface area (Å²) in [7, 11) is -4.04. The first-order chi connectivity index (χ1) is 12.1. The quantitative estimate of drug-likeness (QED) is 0.758. The van der Waals surface area contributed by atoms with Crippen LogP contribution in [0.4, 0.5) is 13.2 Å². The van der Waals surface area contributed by atoms with Crippen LogP contribution in [-0.4, -0.2) is 26.4 Å². The number of benzene rings is 1. The van der Waals surface area contributed by atoms with Crippen molar-refractivity contribution in [2.45, 2.75) is 29.7 Å². The summed E-state index contributed by atoms with van der Waals surface area (Å²) in [6.45, 7) is -0.311. The Balaban J connectivity index is 1.72. The van der Waals surface area contributed by atoms with E-state index < -0.39 is 27.7 Å². The SMILES string of the molecule is O=S(=O)(NC[C@](O)(c1ccco1)C1CC1)c1ccc(OC(F)(F)F)cc1. The zero-order valence-corrected chi connectivity index (χ0v) is 14.2. The minimum absolute atomic E-state index is 0.126. The molecule has 26 heavy (non-hydrogen) atoms. The van der Waals surface area contributed by atoms with Crippen molar-refractivity contribution in [3.05, 3.63) is 48.4 Å². The van der Waals surface area contributed by atoms with E-state index in [2.05, 4.69) is 9.46 Å². The van der Waals surface area contributed by atoms with Gasteiger partial charge in [-0.05, 0) is 55.2 Å². The predicted octanol–water partition coefficient (Wildman–Crippen LogP) is 2.75. The number of ether oxygens (including phenoxy) is 1. The van der Waals surface area contributed by atoms with E-state index in [-0.39, 0.29) is 23.1 Å². The van der Waals surface area contributed by atoms with Crippen molar-refractivity contribution < 1.29 is 35.8 Å². The van der Waals surface area contributed by atoms with Gasteiger partial charge in [-0.3, -0.25) is 0 Å². The number of alkyl halides is 3. The molecule has 1 saturated carbocycles. The number of halogens is 3. The van der Waals surface area contributed by atoms with Crippen LogP contribution >= 0.6 is 0 Å². The lowest BCUT2D eigenvalue weighted by Gasteiger charge is -2.26. The normalized spacial score (nSPS) is 17.7. The summed E-state index contributed by atoms with van der Waals surface area (Å²) < 4.78 is 72.4. The fraction of sp³-hybridized carbons (Fsp3) is 0.375. The van der Waals surface area contributed by atoms with Crippen LogP contribution in [0.5, 0.6) is 5.75 Å². The Kier molecular flexibility index (Phi) is 4.76. The Morgan fingerprint density at radius 3 is 2.35 bits per heavy atom. The van der Waals surface area contributed by atoms with E-state index in [4.69, 9.17) is 4.42 Å². The maximum Gasteiger partial charge on any atom is 0.573 e. The second-order valence-electron chi connectivity index (χ2n) is 6.02. The fourth-order valence-corrected chi connectivity index (χ4v) is 3.70. The maximum absolute atomic E-state index is 12.4. The van der Waals surface area contributed by atoms with Crippen molar-refractivity contribution >= 4 is 10.0 Å². The number of nitrogens with one attached hydrogen (secondary N) is 1. The topological polar surface area (TPSA) is 88.8 Å². The number of aliphatic hydroxyl groups is 1. The average Bonchev–Trinajstić information content (AvgIpc) is 3.27. The molecule has 0 spiro atoms. The van der Waals surface area contributed by atoms with E-state index in [1.165, 1.54) is 6.26 Å². The standard InChI is InChI=1S/C16H16F3NO5S/c17-16(18,19)25-12-5-7-13(8-6-12)26(22,23)20-10-15(21,11-3-4-11)14-2-1-9-24-14/h1-2,5-9,11,20-21H,3-4,10H2/t15-/m1/s1. The molecule has 2 N–H and O–H groups in total. The molecule has 2 aromatic rings. The second kappa shape index (κ2) is 6.60. The van der Waals surface area contributed by atoms with Gasteiger partial charge in [0, 0.05) is 6.54 Å². The third-order valence-corrected chi connectivity index (χ3v) is 5.52. The lowest BCUT2D eigenvalue weighted by Crippen LogP contribution is -2.42. The Labute approximate surface area is 147 Å². The highest BCUT2D eigenvalue weighted by molar-refractivity contribution is 7.89. The third kappa shape index (κ3) is 4.19. The molecule has 1 aromatic carbocycles. The van der Waals surface area contributed by atoms with E-state index in [9.17, 15) is 26.7 Å². The van der Waals surface area contributed by atoms with Crippen molar-refractivity contribution in [1.29, 1.82) is 0 Å². The zero-order valence-electron chi connectivity index (χ0n) is 13.4. The monoisotopic (exact) mass is 391 g/mol. The first-order valence-electron chi connectivity index (χ1n) is 7.72. The van der Waals surface area contributed by atoms with E-state index in [0.717, 1.165) is 37.1 Å². The smallest absolute Gasteiger partial charge is 0.466 e. The van der Waals surface area contributed by atoms with Crippen LogP contribution in [0.1, 0.15) is 18.6 Å². The lowest BCUT2D eigenvalue weighted by molar-refractivity contribution is -0.274. The van der Waals surface area contributed by atoms with Gasteiger partial charge in [0.2, 0.25) is 10.0 Å². The summed E-state index contributed by atoms with van der Waals surface area (Å²) >= 11 is 0. The molecule has 1 aliphatic carbocycles. The largest absolute Gasteiger partial charge is 0.573 e. The van der Waals surface area contributed by atoms with Gasteiger partial charge in [-0.2, -0.15) is 0 Å². The van der Waals surface area contributed by atoms with E-state index >= 15 is 0 Å². The van der Waals surface area contributed by atoms with Crippen LogP contribution in [0.3, 0.4) is 0 Å². The highest BCUT2D eigenvalue weighted by atomic mass is 32.2. The van der Waals surface area contributed by atoms with Gasteiger partial charge in [-0.25, -0.2) is 13.1 Å². The molecule has 6 nitrogen and oxygen atoms in total. The van der Waals surface area contributed by atoms with Crippen molar-refractivity contribution in [3.8, 4) is 5.75 Å². The van der Waals surface area contributed by atoms with Crippen LogP contribution in [0, 0.1) is 5.92 Å². The van der Waals surface area contributed by atoms with Crippen LogP contribution in [-0.2, 0) is 15.6 Å². The van der Waals surface area contributed by atoms with Crippen LogP contribution in [0.25, 0.3) is 0 Å². The summed E-state index contributed by atoms with van der Waals surface area (Å²) in [6.07, 6.45) is -2.00. The Morgan fingerprint density at radius 1 is 1.19 bits per heavy atom. The third-order valence-electron chi connectivity index (χ3n) is 4.10. The minimum Gasteiger partial charge on any atom is -0.466 e. The van der Waals surface area contributed by atoms with E-state index in [1.54, 1.807) is 12.1 Å². The molecule has 1 fully saturated rings. The summed E-state index contributed by atoms with van der Waals surface area (Å²) in [6, 6.07) is 6.95. The summed E-state index contributed by atoms with van der Waals surface area (Å²) in [5.41, 5.74) is -1.48. The molecule has 10 heteroatoms. The predicted molar refractivity (Wildman–Crippen MR) is 83.6 cm³/mol. The molecule has 0 bridgehead atoms. The van der Waals surface area contributed by atoms with Crippen LogP contribution in [0.2, 0.25) is 0 Å². The maximum atomic E-state index is 12.4. The minimum atomic E-state index is -4.86. The summed E-state index contributed by atoms with van der Waals surface area (Å²) in [5.74, 6) is -0.392. The molecule has 142 valence electrons. The lowest BCUT2D eigenvalue weighted by atomic mass is 9.95. The van der Waals surface area contributed by atoms with E-state index in [1.807, 2.05) is 0 Å². The van der Waals surface area contributed by atoms with Crippen LogP contribution in [0.15, 0.2) is 52.0 Å². The van der Waals surface area contributed by atoms with E-state index in [0.29, 0.717) is 0 Å². The fourth-order valence-electron chi connectivity index (χ4n) is 2.63. The van der Waals surface area contributed by atoms with Gasteiger partial charge in [-0.15, -0.1) is 13.2 Å². The molecule has 0 radical (unpaired) electrons. The summed E-state index contributed by atoms with van der Waals surface area (Å²) in [4.78, 5) is -0.246.